The fourth-order valence-electron chi connectivity index (χ4n) is 1.23. The van der Waals surface area contributed by atoms with Crippen molar-refractivity contribution in [1.82, 2.24) is 4.98 Å². The molecule has 1 aromatic rings. The summed E-state index contributed by atoms with van der Waals surface area (Å²) in [6.45, 7) is 6.73. The van der Waals surface area contributed by atoms with E-state index in [0.29, 0.717) is 0 Å². The lowest BCUT2D eigenvalue weighted by molar-refractivity contribution is 0.500. The topological polar surface area (TPSA) is 12.9 Å². The molecular formula is C10H13BrIN. The molecule has 1 heterocycles. The van der Waals surface area contributed by atoms with Crippen molar-refractivity contribution in [2.45, 2.75) is 32.6 Å². The summed E-state index contributed by atoms with van der Waals surface area (Å²) in [5.41, 5.74) is 1.59. The zero-order chi connectivity index (χ0) is 10.1. The molecule has 1 rings (SSSR count). The van der Waals surface area contributed by atoms with Crippen LogP contribution < -0.4 is 0 Å². The van der Waals surface area contributed by atoms with Gasteiger partial charge < -0.3 is 0 Å². The molecule has 0 radical (unpaired) electrons. The van der Waals surface area contributed by atoms with Crippen molar-refractivity contribution in [3.63, 3.8) is 0 Å². The van der Waals surface area contributed by atoms with Gasteiger partial charge in [-0.3, -0.25) is 4.98 Å². The van der Waals surface area contributed by atoms with Gasteiger partial charge in [0.1, 0.15) is 0 Å². The molecule has 0 fully saturated rings. The first-order valence-electron chi connectivity index (χ1n) is 4.28. The molecular weight excluding hydrogens is 341 g/mol. The molecule has 3 heteroatoms. The van der Waals surface area contributed by atoms with Crippen molar-refractivity contribution < 1.29 is 0 Å². The zero-order valence-electron chi connectivity index (χ0n) is 8.06. The first-order valence-corrected chi connectivity index (χ1v) is 6.15. The van der Waals surface area contributed by atoms with Gasteiger partial charge in [-0.15, -0.1) is 0 Å². The number of hydrogen-bond acceptors (Lipinski definition) is 1. The van der Waals surface area contributed by atoms with Crippen LogP contribution in [-0.4, -0.2) is 4.98 Å². The average molecular weight is 354 g/mol. The molecule has 0 aliphatic heterocycles. The summed E-state index contributed by atoms with van der Waals surface area (Å²) in [5, 5.41) is 0. The third kappa shape index (κ3) is 2.43. The first-order chi connectivity index (χ1) is 5.99. The van der Waals surface area contributed by atoms with Crippen LogP contribution in [0.15, 0.2) is 16.9 Å². The monoisotopic (exact) mass is 353 g/mol. The van der Waals surface area contributed by atoms with E-state index >= 15 is 0 Å². The standard InChI is InChI=1S/C10H13BrIN/c1-4-10(2,3)9-7(11)5-13-6-8(9)12/h5-6H,4H2,1-3H3. The van der Waals surface area contributed by atoms with E-state index in [9.17, 15) is 0 Å². The van der Waals surface area contributed by atoms with Crippen molar-refractivity contribution in [1.29, 1.82) is 0 Å². The Morgan fingerprint density at radius 3 is 2.54 bits per heavy atom. The Bertz CT molecular complexity index is 290. The summed E-state index contributed by atoms with van der Waals surface area (Å²) < 4.78 is 2.35. The smallest absolute Gasteiger partial charge is 0.0413 e. The van der Waals surface area contributed by atoms with E-state index in [-0.39, 0.29) is 5.41 Å². The molecule has 0 aromatic carbocycles. The second kappa shape index (κ2) is 4.26. The highest BCUT2D eigenvalue weighted by Crippen LogP contribution is 2.35. The summed E-state index contributed by atoms with van der Waals surface area (Å²) in [6.07, 6.45) is 4.92. The lowest BCUT2D eigenvalue weighted by atomic mass is 9.83. The molecule has 1 nitrogen and oxygen atoms in total. The predicted molar refractivity (Wildman–Crippen MR) is 68.0 cm³/mol. The minimum absolute atomic E-state index is 0.221. The van der Waals surface area contributed by atoms with Gasteiger partial charge in [0, 0.05) is 20.4 Å². The second-order valence-electron chi connectivity index (χ2n) is 3.72. The number of pyridine rings is 1. The Morgan fingerprint density at radius 2 is 2.08 bits per heavy atom. The molecule has 0 aliphatic rings. The quantitative estimate of drug-likeness (QED) is 0.728. The van der Waals surface area contributed by atoms with Gasteiger partial charge in [0.25, 0.3) is 0 Å². The highest BCUT2D eigenvalue weighted by Gasteiger charge is 2.23. The normalized spacial score (nSPS) is 11.8. The number of nitrogens with zero attached hydrogens (tertiary/aromatic N) is 1. The zero-order valence-corrected chi connectivity index (χ0v) is 11.8. The van der Waals surface area contributed by atoms with Gasteiger partial charge in [0.15, 0.2) is 0 Å². The molecule has 0 unspecified atom stereocenters. The molecule has 72 valence electrons. The Morgan fingerprint density at radius 1 is 1.46 bits per heavy atom. The summed E-state index contributed by atoms with van der Waals surface area (Å²) in [5.74, 6) is 0. The van der Waals surface area contributed by atoms with Gasteiger partial charge in [0.05, 0.1) is 0 Å². The summed E-state index contributed by atoms with van der Waals surface area (Å²) in [7, 11) is 0. The van der Waals surface area contributed by atoms with E-state index in [0.717, 1.165) is 10.9 Å². The van der Waals surface area contributed by atoms with Crippen LogP contribution in [0.5, 0.6) is 0 Å². The summed E-state index contributed by atoms with van der Waals surface area (Å²) >= 11 is 5.90. The van der Waals surface area contributed by atoms with Gasteiger partial charge in [-0.2, -0.15) is 0 Å². The molecule has 0 N–H and O–H groups in total. The molecule has 0 aliphatic carbocycles. The van der Waals surface area contributed by atoms with E-state index < -0.39 is 0 Å². The number of aromatic nitrogens is 1. The SMILES string of the molecule is CCC(C)(C)c1c(Br)cncc1I. The molecule has 0 amide bonds. The first kappa shape index (κ1) is 11.4. The fourth-order valence-corrected chi connectivity index (χ4v) is 3.66. The molecule has 0 saturated carbocycles. The minimum Gasteiger partial charge on any atom is -0.262 e. The van der Waals surface area contributed by atoms with Crippen molar-refractivity contribution in [3.8, 4) is 0 Å². The molecule has 0 saturated heterocycles. The number of halogens is 2. The van der Waals surface area contributed by atoms with Gasteiger partial charge >= 0.3 is 0 Å². The maximum Gasteiger partial charge on any atom is 0.0413 e. The molecule has 13 heavy (non-hydrogen) atoms. The largest absolute Gasteiger partial charge is 0.262 e. The average Bonchev–Trinajstić information content (AvgIpc) is 2.03. The van der Waals surface area contributed by atoms with Gasteiger partial charge in [0.2, 0.25) is 0 Å². The summed E-state index contributed by atoms with van der Waals surface area (Å²) in [4.78, 5) is 4.14. The lowest BCUT2D eigenvalue weighted by Crippen LogP contribution is -2.18. The third-order valence-corrected chi connectivity index (χ3v) is 3.83. The Kier molecular flexibility index (Phi) is 3.74. The fraction of sp³-hybridized carbons (Fsp3) is 0.500. The predicted octanol–water partition coefficient (Wildman–Crippen LogP) is 4.14. The number of hydrogen-bond donors (Lipinski definition) is 0. The lowest BCUT2D eigenvalue weighted by Gasteiger charge is -2.25. The van der Waals surface area contributed by atoms with Crippen LogP contribution in [0, 0.1) is 3.57 Å². The van der Waals surface area contributed by atoms with E-state index in [1.54, 1.807) is 0 Å². The highest BCUT2D eigenvalue weighted by atomic mass is 127. The van der Waals surface area contributed by atoms with Crippen molar-refractivity contribution in [2.75, 3.05) is 0 Å². The molecule has 0 bridgehead atoms. The van der Waals surface area contributed by atoms with Crippen LogP contribution >= 0.6 is 38.5 Å². The van der Waals surface area contributed by atoms with Crippen LogP contribution in [0.2, 0.25) is 0 Å². The van der Waals surface area contributed by atoms with Crippen molar-refractivity contribution in [3.05, 3.63) is 26.0 Å². The maximum atomic E-state index is 4.14. The van der Waals surface area contributed by atoms with E-state index in [1.165, 1.54) is 9.13 Å². The maximum absolute atomic E-state index is 4.14. The molecule has 0 spiro atoms. The van der Waals surface area contributed by atoms with Crippen LogP contribution in [-0.2, 0) is 5.41 Å². The molecule has 0 atom stereocenters. The van der Waals surface area contributed by atoms with Crippen LogP contribution in [0.4, 0.5) is 0 Å². The van der Waals surface area contributed by atoms with Gasteiger partial charge in [-0.1, -0.05) is 20.8 Å². The minimum atomic E-state index is 0.221. The van der Waals surface area contributed by atoms with Crippen molar-refractivity contribution >= 4 is 38.5 Å². The van der Waals surface area contributed by atoms with E-state index in [4.69, 9.17) is 0 Å². The van der Waals surface area contributed by atoms with Crippen LogP contribution in [0.25, 0.3) is 0 Å². The van der Waals surface area contributed by atoms with Crippen molar-refractivity contribution in [2.24, 2.45) is 0 Å². The Labute approximate surface area is 102 Å². The Balaban J connectivity index is 3.28. The van der Waals surface area contributed by atoms with Crippen LogP contribution in [0.1, 0.15) is 32.8 Å². The van der Waals surface area contributed by atoms with E-state index in [1.807, 2.05) is 12.4 Å². The summed E-state index contributed by atoms with van der Waals surface area (Å²) in [6, 6.07) is 0. The van der Waals surface area contributed by atoms with E-state index in [2.05, 4.69) is 64.3 Å². The highest BCUT2D eigenvalue weighted by molar-refractivity contribution is 14.1. The second-order valence-corrected chi connectivity index (χ2v) is 5.73. The third-order valence-electron chi connectivity index (χ3n) is 2.41. The van der Waals surface area contributed by atoms with Gasteiger partial charge in [-0.05, 0) is 55.9 Å². The molecule has 1 aromatic heterocycles. The Hall–Kier alpha value is 0.360. The van der Waals surface area contributed by atoms with Crippen LogP contribution in [0.3, 0.4) is 0 Å². The van der Waals surface area contributed by atoms with Gasteiger partial charge in [-0.25, -0.2) is 0 Å². The number of rotatable bonds is 2.